The van der Waals surface area contributed by atoms with Crippen molar-refractivity contribution in [1.82, 2.24) is 4.90 Å². The Morgan fingerprint density at radius 3 is 2.74 bits per heavy atom. The predicted molar refractivity (Wildman–Crippen MR) is 95.6 cm³/mol. The third-order valence-corrected chi connectivity index (χ3v) is 4.13. The van der Waals surface area contributed by atoms with Gasteiger partial charge in [0.05, 0.1) is 25.3 Å². The number of nitriles is 1. The normalized spacial score (nSPS) is 10.5. The molecule has 0 aliphatic carbocycles. The summed E-state index contributed by atoms with van der Waals surface area (Å²) in [5.41, 5.74) is 1.25. The highest BCUT2D eigenvalue weighted by Crippen LogP contribution is 2.25. The highest BCUT2D eigenvalue weighted by molar-refractivity contribution is 5.96. The van der Waals surface area contributed by atoms with Crippen LogP contribution in [0.4, 0.5) is 0 Å². The Kier molecular flexibility index (Phi) is 5.57. The average molecular weight is 366 g/mol. The highest BCUT2D eigenvalue weighted by Gasteiger charge is 2.22. The molecule has 0 saturated heterocycles. The van der Waals surface area contributed by atoms with Crippen LogP contribution < -0.4 is 0 Å². The van der Waals surface area contributed by atoms with Crippen molar-refractivity contribution in [1.29, 1.82) is 5.26 Å². The van der Waals surface area contributed by atoms with Gasteiger partial charge in [0, 0.05) is 17.5 Å². The van der Waals surface area contributed by atoms with Gasteiger partial charge in [-0.2, -0.15) is 5.26 Å². The Balaban J connectivity index is 1.65. The summed E-state index contributed by atoms with van der Waals surface area (Å²) < 4.78 is 15.9. The minimum absolute atomic E-state index is 0.0820. The zero-order chi connectivity index (χ0) is 19.2. The van der Waals surface area contributed by atoms with Gasteiger partial charge in [-0.15, -0.1) is 0 Å². The molecule has 0 fully saturated rings. The Hall–Kier alpha value is -3.53. The molecule has 0 saturated carbocycles. The molecule has 0 N–H and O–H groups in total. The van der Waals surface area contributed by atoms with Crippen molar-refractivity contribution in [3.63, 3.8) is 0 Å². The number of nitrogens with zero attached hydrogens (tertiary/aromatic N) is 2. The van der Waals surface area contributed by atoms with Crippen LogP contribution in [0.15, 0.2) is 51.5 Å². The third-order valence-electron chi connectivity index (χ3n) is 4.13. The molecular formula is C20H18N2O5. The summed E-state index contributed by atoms with van der Waals surface area (Å²) in [5, 5.41) is 9.60. The lowest BCUT2D eigenvalue weighted by molar-refractivity contribution is -0.135. The molecule has 2 heterocycles. The monoisotopic (exact) mass is 366 g/mol. The number of ether oxygens (including phenoxy) is 1. The molecule has 0 unspecified atom stereocenters. The maximum absolute atomic E-state index is 12.4. The minimum Gasteiger partial charge on any atom is -0.467 e. The van der Waals surface area contributed by atoms with Crippen LogP contribution in [0, 0.1) is 18.3 Å². The standard InChI is InChI=1S/C20H18N2O5/c1-14-16-7-2-3-8-17(16)27-19(14)20(24)26-13-18(23)22(10-5-9-21)12-15-6-4-11-25-15/h2-4,6-8,11H,5,10,12-13H2,1H3. The number of esters is 1. The van der Waals surface area contributed by atoms with Gasteiger partial charge in [0.25, 0.3) is 5.91 Å². The van der Waals surface area contributed by atoms with Crippen LogP contribution >= 0.6 is 0 Å². The molecule has 0 bridgehead atoms. The molecule has 3 rings (SSSR count). The number of carbonyl (C=O) groups is 2. The van der Waals surface area contributed by atoms with Gasteiger partial charge in [-0.05, 0) is 25.1 Å². The van der Waals surface area contributed by atoms with Crippen LogP contribution in [0.1, 0.15) is 28.3 Å². The van der Waals surface area contributed by atoms with E-state index in [0.29, 0.717) is 16.9 Å². The predicted octanol–water partition coefficient (Wildman–Crippen LogP) is 3.43. The molecule has 1 aromatic carbocycles. The van der Waals surface area contributed by atoms with E-state index in [2.05, 4.69) is 0 Å². The van der Waals surface area contributed by atoms with Crippen molar-refractivity contribution in [3.8, 4) is 6.07 Å². The SMILES string of the molecule is Cc1c(C(=O)OCC(=O)N(CCC#N)Cc2ccco2)oc2ccccc12. The summed E-state index contributed by atoms with van der Waals surface area (Å²) in [6.45, 7) is 1.74. The first kappa shape index (κ1) is 18.3. The topological polar surface area (TPSA) is 96.7 Å². The molecule has 7 heteroatoms. The molecule has 0 radical (unpaired) electrons. The number of carbonyl (C=O) groups excluding carboxylic acids is 2. The molecule has 0 aliphatic heterocycles. The number of benzene rings is 1. The smallest absolute Gasteiger partial charge is 0.375 e. The quantitative estimate of drug-likeness (QED) is 0.594. The van der Waals surface area contributed by atoms with Gasteiger partial charge in [-0.1, -0.05) is 18.2 Å². The summed E-state index contributed by atoms with van der Waals surface area (Å²) in [5.74, 6) is -0.446. The second kappa shape index (κ2) is 8.23. The molecular weight excluding hydrogens is 348 g/mol. The molecule has 0 atom stereocenters. The number of hydrogen-bond acceptors (Lipinski definition) is 6. The van der Waals surface area contributed by atoms with Gasteiger partial charge in [-0.3, -0.25) is 4.79 Å². The van der Waals surface area contributed by atoms with E-state index in [1.807, 2.05) is 24.3 Å². The van der Waals surface area contributed by atoms with Crippen molar-refractivity contribution in [2.75, 3.05) is 13.2 Å². The van der Waals surface area contributed by atoms with E-state index in [-0.39, 0.29) is 25.3 Å². The fraction of sp³-hybridized carbons (Fsp3) is 0.250. The van der Waals surface area contributed by atoms with E-state index in [0.717, 1.165) is 5.39 Å². The van der Waals surface area contributed by atoms with E-state index in [1.165, 1.54) is 11.2 Å². The maximum Gasteiger partial charge on any atom is 0.375 e. The number of amides is 1. The van der Waals surface area contributed by atoms with Crippen LogP contribution in [0.3, 0.4) is 0 Å². The Bertz CT molecular complexity index is 982. The van der Waals surface area contributed by atoms with E-state index >= 15 is 0 Å². The Morgan fingerprint density at radius 2 is 2.04 bits per heavy atom. The fourth-order valence-electron chi connectivity index (χ4n) is 2.72. The molecule has 1 amide bonds. The van der Waals surface area contributed by atoms with Gasteiger partial charge >= 0.3 is 5.97 Å². The van der Waals surface area contributed by atoms with Crippen LogP contribution in [-0.4, -0.2) is 29.9 Å². The van der Waals surface area contributed by atoms with E-state index in [1.54, 1.807) is 25.1 Å². The molecule has 2 aromatic heterocycles. The van der Waals surface area contributed by atoms with Crippen molar-refractivity contribution >= 4 is 22.8 Å². The second-order valence-corrected chi connectivity index (χ2v) is 5.93. The lowest BCUT2D eigenvalue weighted by Crippen LogP contribution is -2.35. The molecule has 138 valence electrons. The van der Waals surface area contributed by atoms with Crippen LogP contribution in [0.5, 0.6) is 0 Å². The van der Waals surface area contributed by atoms with Gasteiger partial charge in [0.2, 0.25) is 5.76 Å². The number of furan rings is 2. The van der Waals surface area contributed by atoms with E-state index in [4.69, 9.17) is 18.8 Å². The van der Waals surface area contributed by atoms with Crippen LogP contribution in [0.25, 0.3) is 11.0 Å². The molecule has 0 spiro atoms. The first-order valence-corrected chi connectivity index (χ1v) is 8.42. The third kappa shape index (κ3) is 4.18. The highest BCUT2D eigenvalue weighted by atomic mass is 16.5. The van der Waals surface area contributed by atoms with Gasteiger partial charge in [0.1, 0.15) is 11.3 Å². The van der Waals surface area contributed by atoms with Gasteiger partial charge in [0.15, 0.2) is 6.61 Å². The zero-order valence-electron chi connectivity index (χ0n) is 14.8. The van der Waals surface area contributed by atoms with Crippen LogP contribution in [-0.2, 0) is 16.1 Å². The summed E-state index contributed by atoms with van der Waals surface area (Å²) in [4.78, 5) is 26.2. The van der Waals surface area contributed by atoms with Crippen LogP contribution in [0.2, 0.25) is 0 Å². The number of fused-ring (bicyclic) bond motifs is 1. The minimum atomic E-state index is -0.699. The largest absolute Gasteiger partial charge is 0.467 e. The lowest BCUT2D eigenvalue weighted by atomic mass is 10.1. The first-order valence-electron chi connectivity index (χ1n) is 8.42. The van der Waals surface area contributed by atoms with Crippen molar-refractivity contribution in [3.05, 3.63) is 59.7 Å². The second-order valence-electron chi connectivity index (χ2n) is 5.93. The van der Waals surface area contributed by atoms with Crippen molar-refractivity contribution in [2.45, 2.75) is 19.9 Å². The summed E-state index contributed by atoms with van der Waals surface area (Å²) in [6.07, 6.45) is 1.68. The summed E-state index contributed by atoms with van der Waals surface area (Å²) in [7, 11) is 0. The van der Waals surface area contributed by atoms with Crippen molar-refractivity contribution < 1.29 is 23.2 Å². The van der Waals surface area contributed by atoms with E-state index < -0.39 is 18.5 Å². The first-order chi connectivity index (χ1) is 13.1. The Morgan fingerprint density at radius 1 is 1.22 bits per heavy atom. The Labute approximate surface area is 155 Å². The van der Waals surface area contributed by atoms with Gasteiger partial charge in [-0.25, -0.2) is 4.79 Å². The maximum atomic E-state index is 12.4. The fourth-order valence-corrected chi connectivity index (χ4v) is 2.72. The summed E-state index contributed by atoms with van der Waals surface area (Å²) in [6, 6.07) is 12.7. The molecule has 7 nitrogen and oxygen atoms in total. The molecule has 0 aliphatic rings. The molecule has 27 heavy (non-hydrogen) atoms. The lowest BCUT2D eigenvalue weighted by Gasteiger charge is -2.20. The van der Waals surface area contributed by atoms with Crippen molar-refractivity contribution in [2.24, 2.45) is 0 Å². The van der Waals surface area contributed by atoms with Gasteiger partial charge < -0.3 is 18.5 Å². The number of rotatable bonds is 7. The number of para-hydroxylation sites is 1. The average Bonchev–Trinajstić information content (AvgIpc) is 3.31. The number of hydrogen-bond donors (Lipinski definition) is 0. The number of aryl methyl sites for hydroxylation is 1. The molecule has 3 aromatic rings. The summed E-state index contributed by atoms with van der Waals surface area (Å²) >= 11 is 0. The zero-order valence-corrected chi connectivity index (χ0v) is 14.8. The van der Waals surface area contributed by atoms with E-state index in [9.17, 15) is 9.59 Å².